The maximum absolute atomic E-state index is 12.7. The zero-order chi connectivity index (χ0) is 20.6. The van der Waals surface area contributed by atoms with Crippen molar-refractivity contribution in [1.29, 1.82) is 0 Å². The van der Waals surface area contributed by atoms with Crippen LogP contribution in [0.15, 0.2) is 65.5 Å². The lowest BCUT2D eigenvalue weighted by Gasteiger charge is -2.09. The number of fused-ring (bicyclic) bond motifs is 1. The molecule has 4 aromatic rings. The summed E-state index contributed by atoms with van der Waals surface area (Å²) in [7, 11) is 0. The van der Waals surface area contributed by atoms with Crippen molar-refractivity contribution >= 4 is 16.7 Å². The van der Waals surface area contributed by atoms with Gasteiger partial charge in [0.25, 0.3) is 5.56 Å². The minimum atomic E-state index is -4.38. The molecule has 148 valence electrons. The minimum absolute atomic E-state index is 0.173. The molecule has 4 rings (SSSR count). The van der Waals surface area contributed by atoms with E-state index in [1.807, 2.05) is 37.3 Å². The van der Waals surface area contributed by atoms with Gasteiger partial charge in [0.15, 0.2) is 0 Å². The van der Waals surface area contributed by atoms with E-state index in [0.29, 0.717) is 16.9 Å². The Morgan fingerprint density at radius 1 is 1.07 bits per heavy atom. The van der Waals surface area contributed by atoms with Crippen LogP contribution in [0, 0.1) is 6.92 Å². The van der Waals surface area contributed by atoms with Crippen molar-refractivity contribution in [3.8, 4) is 5.69 Å². The van der Waals surface area contributed by atoms with Crippen LogP contribution in [0.25, 0.3) is 16.7 Å². The number of anilines is 1. The van der Waals surface area contributed by atoms with E-state index >= 15 is 0 Å². The largest absolute Gasteiger partial charge is 0.416 e. The second-order valence-corrected chi connectivity index (χ2v) is 6.65. The fourth-order valence-corrected chi connectivity index (χ4v) is 3.12. The summed E-state index contributed by atoms with van der Waals surface area (Å²) in [6.07, 6.45) is -4.38. The maximum atomic E-state index is 12.7. The number of aromatic nitrogens is 3. The second-order valence-electron chi connectivity index (χ2n) is 6.65. The molecule has 2 aromatic heterocycles. The SMILES string of the molecule is Cc1nn(-c2ccccc2)c2[nH]c(=O)c(CNc3ccc(C(F)(F)F)cc3)cc12. The Balaban J connectivity index is 1.61. The van der Waals surface area contributed by atoms with Gasteiger partial charge in [-0.1, -0.05) is 18.2 Å². The van der Waals surface area contributed by atoms with Crippen molar-refractivity contribution in [1.82, 2.24) is 14.8 Å². The molecule has 0 aliphatic rings. The first kappa shape index (κ1) is 18.8. The molecule has 0 bridgehead atoms. The molecular formula is C21H17F3N4O. The number of para-hydroxylation sites is 1. The fourth-order valence-electron chi connectivity index (χ4n) is 3.12. The first-order valence-electron chi connectivity index (χ1n) is 8.91. The van der Waals surface area contributed by atoms with E-state index in [1.165, 1.54) is 12.1 Å². The standard InChI is InChI=1S/C21H17F3N4O/c1-13-18-11-14(12-25-16-9-7-15(8-10-16)21(22,23)24)20(29)26-19(18)28(27-13)17-5-3-2-4-6-17/h2-11,25H,12H2,1H3,(H,26,29). The molecule has 8 heteroatoms. The van der Waals surface area contributed by atoms with Crippen LogP contribution >= 0.6 is 0 Å². The predicted octanol–water partition coefficient (Wildman–Crippen LogP) is 4.65. The topological polar surface area (TPSA) is 62.7 Å². The Hall–Kier alpha value is -3.55. The van der Waals surface area contributed by atoms with Gasteiger partial charge in [-0.25, -0.2) is 4.68 Å². The summed E-state index contributed by atoms with van der Waals surface area (Å²) in [5.41, 5.74) is 2.15. The van der Waals surface area contributed by atoms with E-state index in [-0.39, 0.29) is 12.1 Å². The van der Waals surface area contributed by atoms with Gasteiger partial charge >= 0.3 is 6.18 Å². The van der Waals surface area contributed by atoms with Gasteiger partial charge in [-0.15, -0.1) is 0 Å². The van der Waals surface area contributed by atoms with Crippen LogP contribution in [0.3, 0.4) is 0 Å². The zero-order valence-electron chi connectivity index (χ0n) is 15.4. The first-order valence-corrected chi connectivity index (χ1v) is 8.91. The number of rotatable bonds is 4. The molecular weight excluding hydrogens is 381 g/mol. The highest BCUT2D eigenvalue weighted by molar-refractivity contribution is 5.80. The third-order valence-corrected chi connectivity index (χ3v) is 4.64. The maximum Gasteiger partial charge on any atom is 0.416 e. The summed E-state index contributed by atoms with van der Waals surface area (Å²) in [6, 6.07) is 15.9. The number of hydrogen-bond acceptors (Lipinski definition) is 3. The molecule has 0 fully saturated rings. The van der Waals surface area contributed by atoms with Crippen LogP contribution in [0.2, 0.25) is 0 Å². The highest BCUT2D eigenvalue weighted by Crippen LogP contribution is 2.30. The van der Waals surface area contributed by atoms with E-state index in [2.05, 4.69) is 15.4 Å². The van der Waals surface area contributed by atoms with Gasteiger partial charge in [0.2, 0.25) is 0 Å². The molecule has 2 N–H and O–H groups in total. The average Bonchev–Trinajstić information content (AvgIpc) is 3.02. The highest BCUT2D eigenvalue weighted by Gasteiger charge is 2.29. The number of pyridine rings is 1. The number of aromatic amines is 1. The van der Waals surface area contributed by atoms with Gasteiger partial charge in [-0.2, -0.15) is 18.3 Å². The molecule has 0 saturated heterocycles. The molecule has 0 radical (unpaired) electrons. The average molecular weight is 398 g/mol. The number of nitrogens with one attached hydrogen (secondary N) is 2. The van der Waals surface area contributed by atoms with Crippen molar-refractivity contribution in [2.24, 2.45) is 0 Å². The number of alkyl halides is 3. The molecule has 2 aromatic carbocycles. The van der Waals surface area contributed by atoms with E-state index < -0.39 is 11.7 Å². The van der Waals surface area contributed by atoms with Crippen LogP contribution in [-0.2, 0) is 12.7 Å². The lowest BCUT2D eigenvalue weighted by atomic mass is 10.1. The van der Waals surface area contributed by atoms with Gasteiger partial charge in [-0.05, 0) is 49.4 Å². The molecule has 0 amide bonds. The van der Waals surface area contributed by atoms with Gasteiger partial charge in [0.1, 0.15) is 5.65 Å². The summed E-state index contributed by atoms with van der Waals surface area (Å²) in [5, 5.41) is 8.30. The van der Waals surface area contributed by atoms with Gasteiger partial charge < -0.3 is 10.3 Å². The molecule has 29 heavy (non-hydrogen) atoms. The number of H-pyrrole nitrogens is 1. The lowest BCUT2D eigenvalue weighted by Crippen LogP contribution is -2.16. The normalized spacial score (nSPS) is 11.7. The molecule has 5 nitrogen and oxygen atoms in total. The smallest absolute Gasteiger partial charge is 0.381 e. The molecule has 0 saturated carbocycles. The van der Waals surface area contributed by atoms with Gasteiger partial charge in [0, 0.05) is 23.2 Å². The Kier molecular flexibility index (Phi) is 4.62. The quantitative estimate of drug-likeness (QED) is 0.526. The number of nitrogens with zero attached hydrogens (tertiary/aromatic N) is 2. The third kappa shape index (κ3) is 3.73. The summed E-state index contributed by atoms with van der Waals surface area (Å²) in [5.74, 6) is 0. The number of benzene rings is 2. The predicted molar refractivity (Wildman–Crippen MR) is 105 cm³/mol. The van der Waals surface area contributed by atoms with Crippen LogP contribution in [0.5, 0.6) is 0 Å². The molecule has 0 aliphatic heterocycles. The number of hydrogen-bond donors (Lipinski definition) is 2. The van der Waals surface area contributed by atoms with Crippen LogP contribution in [0.1, 0.15) is 16.8 Å². The zero-order valence-corrected chi connectivity index (χ0v) is 15.4. The van der Waals surface area contributed by atoms with Crippen LogP contribution < -0.4 is 10.9 Å². The fraction of sp³-hybridized carbons (Fsp3) is 0.143. The summed E-state index contributed by atoms with van der Waals surface area (Å²) in [6.45, 7) is 2.03. The van der Waals surface area contributed by atoms with E-state index in [1.54, 1.807) is 10.7 Å². The third-order valence-electron chi connectivity index (χ3n) is 4.64. The minimum Gasteiger partial charge on any atom is -0.381 e. The van der Waals surface area contributed by atoms with Crippen LogP contribution in [-0.4, -0.2) is 14.8 Å². The molecule has 2 heterocycles. The number of aryl methyl sites for hydroxylation is 1. The van der Waals surface area contributed by atoms with E-state index in [4.69, 9.17) is 0 Å². The lowest BCUT2D eigenvalue weighted by molar-refractivity contribution is -0.137. The van der Waals surface area contributed by atoms with Crippen LogP contribution in [0.4, 0.5) is 18.9 Å². The molecule has 0 aliphatic carbocycles. The van der Waals surface area contributed by atoms with Crippen molar-refractivity contribution in [3.05, 3.63) is 87.8 Å². The summed E-state index contributed by atoms with van der Waals surface area (Å²) in [4.78, 5) is 15.4. The second kappa shape index (κ2) is 7.12. The van der Waals surface area contributed by atoms with Crippen molar-refractivity contribution in [3.63, 3.8) is 0 Å². The highest BCUT2D eigenvalue weighted by atomic mass is 19.4. The summed E-state index contributed by atoms with van der Waals surface area (Å²) >= 11 is 0. The van der Waals surface area contributed by atoms with Crippen molar-refractivity contribution in [2.75, 3.05) is 5.32 Å². The monoisotopic (exact) mass is 398 g/mol. The Bertz CT molecular complexity index is 1210. The first-order chi connectivity index (χ1) is 13.8. The van der Waals surface area contributed by atoms with E-state index in [0.717, 1.165) is 28.9 Å². The van der Waals surface area contributed by atoms with Crippen molar-refractivity contribution in [2.45, 2.75) is 19.6 Å². The number of halogens is 3. The van der Waals surface area contributed by atoms with E-state index in [9.17, 15) is 18.0 Å². The molecule has 0 spiro atoms. The summed E-state index contributed by atoms with van der Waals surface area (Å²) < 4.78 is 39.7. The Morgan fingerprint density at radius 2 is 1.76 bits per heavy atom. The van der Waals surface area contributed by atoms with Gasteiger partial charge in [0.05, 0.1) is 16.9 Å². The van der Waals surface area contributed by atoms with Crippen molar-refractivity contribution < 1.29 is 13.2 Å². The molecule has 0 unspecified atom stereocenters. The molecule has 0 atom stereocenters. The Morgan fingerprint density at radius 3 is 2.41 bits per heavy atom. The van der Waals surface area contributed by atoms with Gasteiger partial charge in [-0.3, -0.25) is 4.79 Å². The Labute approximate surface area is 163 Å².